The molecular formula is C33H45N5O. The molecule has 2 aliphatic rings. The zero-order valence-corrected chi connectivity index (χ0v) is 24.6. The second-order valence-corrected chi connectivity index (χ2v) is 10.9. The zero-order chi connectivity index (χ0) is 27.9. The summed E-state index contributed by atoms with van der Waals surface area (Å²) in [7, 11) is 0. The number of carbonyl (C=O) groups is 1. The largest absolute Gasteiger partial charge is 0.370 e. The summed E-state index contributed by atoms with van der Waals surface area (Å²) in [6.07, 6.45) is 7.21. The molecular weight excluding hydrogens is 482 g/mol. The second-order valence-electron chi connectivity index (χ2n) is 10.9. The fourth-order valence-corrected chi connectivity index (χ4v) is 5.57. The van der Waals surface area contributed by atoms with E-state index in [1.54, 1.807) is 6.08 Å². The van der Waals surface area contributed by atoms with E-state index in [0.29, 0.717) is 17.8 Å². The molecule has 0 radical (unpaired) electrons. The average Bonchev–Trinajstić information content (AvgIpc) is 2.93. The predicted molar refractivity (Wildman–Crippen MR) is 167 cm³/mol. The van der Waals surface area contributed by atoms with Crippen molar-refractivity contribution in [2.45, 2.75) is 72.9 Å². The molecule has 1 aliphatic heterocycles. The van der Waals surface area contributed by atoms with Crippen molar-refractivity contribution in [3.05, 3.63) is 72.1 Å². The molecule has 0 spiro atoms. The third kappa shape index (κ3) is 6.92. The van der Waals surface area contributed by atoms with Crippen LogP contribution < -0.4 is 15.1 Å². The topological polar surface area (TPSA) is 51.2 Å². The van der Waals surface area contributed by atoms with Crippen molar-refractivity contribution in [3.8, 4) is 0 Å². The minimum atomic E-state index is -0.0122. The summed E-state index contributed by atoms with van der Waals surface area (Å²) in [5, 5.41) is 3.37. The Kier molecular flexibility index (Phi) is 9.50. The van der Waals surface area contributed by atoms with Crippen molar-refractivity contribution in [2.24, 2.45) is 4.99 Å². The summed E-state index contributed by atoms with van der Waals surface area (Å²) < 4.78 is 0. The number of hydrogen-bond acceptors (Lipinski definition) is 6. The van der Waals surface area contributed by atoms with Gasteiger partial charge in [0, 0.05) is 61.4 Å². The summed E-state index contributed by atoms with van der Waals surface area (Å²) in [6, 6.07) is 17.6. The SMILES string of the molecule is CCN(c1ccc(N=C2C=C(Nc3ccc(N(CC)C(C)C)cc3)C(=O)C=C2N2CCCCC2)cc1)C(C)C. The highest BCUT2D eigenvalue weighted by atomic mass is 16.1. The third-order valence-electron chi connectivity index (χ3n) is 7.61. The maximum absolute atomic E-state index is 13.3. The zero-order valence-electron chi connectivity index (χ0n) is 24.6. The molecule has 0 atom stereocenters. The Morgan fingerprint density at radius 2 is 1.33 bits per heavy atom. The van der Waals surface area contributed by atoms with Gasteiger partial charge in [0.15, 0.2) is 0 Å². The molecule has 2 aromatic rings. The molecule has 0 saturated carbocycles. The number of nitrogens with one attached hydrogen (secondary N) is 1. The molecule has 1 heterocycles. The lowest BCUT2D eigenvalue weighted by Gasteiger charge is -2.32. The van der Waals surface area contributed by atoms with Gasteiger partial charge in [-0.05, 0) is 115 Å². The van der Waals surface area contributed by atoms with E-state index in [4.69, 9.17) is 4.99 Å². The summed E-state index contributed by atoms with van der Waals surface area (Å²) in [5.74, 6) is -0.0122. The van der Waals surface area contributed by atoms with Crippen molar-refractivity contribution in [1.82, 2.24) is 4.90 Å². The molecule has 0 unspecified atom stereocenters. The monoisotopic (exact) mass is 527 g/mol. The maximum atomic E-state index is 13.3. The van der Waals surface area contributed by atoms with Gasteiger partial charge in [0.2, 0.25) is 5.78 Å². The first-order chi connectivity index (χ1) is 18.8. The summed E-state index contributed by atoms with van der Waals surface area (Å²) >= 11 is 0. The molecule has 1 aliphatic carbocycles. The first kappa shape index (κ1) is 28.5. The Morgan fingerprint density at radius 1 is 0.795 bits per heavy atom. The predicted octanol–water partition coefficient (Wildman–Crippen LogP) is 7.18. The van der Waals surface area contributed by atoms with Crippen molar-refractivity contribution in [1.29, 1.82) is 0 Å². The van der Waals surface area contributed by atoms with Crippen LogP contribution in [0.5, 0.6) is 0 Å². The van der Waals surface area contributed by atoms with Crippen molar-refractivity contribution in [3.63, 3.8) is 0 Å². The van der Waals surface area contributed by atoms with Crippen LogP contribution in [0.25, 0.3) is 0 Å². The van der Waals surface area contributed by atoms with Gasteiger partial charge in [0.05, 0.1) is 22.8 Å². The fraction of sp³-hybridized carbons (Fsp3) is 0.455. The van der Waals surface area contributed by atoms with E-state index >= 15 is 0 Å². The lowest BCUT2D eigenvalue weighted by atomic mass is 10.0. The summed E-state index contributed by atoms with van der Waals surface area (Å²) in [4.78, 5) is 25.4. The summed E-state index contributed by atoms with van der Waals surface area (Å²) in [5.41, 5.74) is 6.46. The number of hydrogen-bond donors (Lipinski definition) is 1. The fourth-order valence-electron chi connectivity index (χ4n) is 5.57. The number of aliphatic imine (C=N–C) groups is 1. The van der Waals surface area contributed by atoms with Gasteiger partial charge in [-0.3, -0.25) is 4.79 Å². The van der Waals surface area contributed by atoms with Gasteiger partial charge in [-0.2, -0.15) is 0 Å². The van der Waals surface area contributed by atoms with Crippen LogP contribution in [0.2, 0.25) is 0 Å². The number of allylic oxidation sites excluding steroid dienone is 2. The van der Waals surface area contributed by atoms with Crippen LogP contribution >= 0.6 is 0 Å². The van der Waals surface area contributed by atoms with Gasteiger partial charge in [-0.1, -0.05) is 0 Å². The molecule has 1 N–H and O–H groups in total. The number of piperidine rings is 1. The Morgan fingerprint density at radius 3 is 1.85 bits per heavy atom. The standard InChI is InChI=1S/C33H45N5O/c1-7-37(24(3)4)28-16-12-26(13-17-28)34-30-22-31(33(39)23-32(30)36-20-10-9-11-21-36)35-27-14-18-29(19-15-27)38(8-2)25(5)6/h12-19,22-25,35H,7-11,20-21H2,1-6H3. The molecule has 6 heteroatoms. The number of carbonyl (C=O) groups excluding carboxylic acids is 1. The number of anilines is 3. The Bertz CT molecular complexity index is 1200. The van der Waals surface area contributed by atoms with Crippen LogP contribution in [0, 0.1) is 0 Å². The van der Waals surface area contributed by atoms with Gasteiger partial charge in [-0.15, -0.1) is 0 Å². The highest BCUT2D eigenvalue weighted by Gasteiger charge is 2.25. The first-order valence-electron chi connectivity index (χ1n) is 14.6. The van der Waals surface area contributed by atoms with Crippen molar-refractivity contribution >= 4 is 34.2 Å². The van der Waals surface area contributed by atoms with Crippen LogP contribution in [0.15, 0.2) is 77.1 Å². The molecule has 4 rings (SSSR count). The van der Waals surface area contributed by atoms with E-state index < -0.39 is 0 Å². The molecule has 0 bridgehead atoms. The molecule has 0 amide bonds. The normalized spacial score (nSPS) is 17.0. The highest BCUT2D eigenvalue weighted by molar-refractivity contribution is 6.23. The van der Waals surface area contributed by atoms with Crippen molar-refractivity contribution < 1.29 is 4.79 Å². The van der Waals surface area contributed by atoms with Crippen molar-refractivity contribution in [2.75, 3.05) is 41.3 Å². The van der Waals surface area contributed by atoms with Gasteiger partial charge in [0.1, 0.15) is 0 Å². The van der Waals surface area contributed by atoms with E-state index in [9.17, 15) is 4.79 Å². The van der Waals surface area contributed by atoms with E-state index in [0.717, 1.165) is 61.8 Å². The lowest BCUT2D eigenvalue weighted by molar-refractivity contribution is -0.111. The molecule has 0 aromatic heterocycles. The number of rotatable bonds is 10. The van der Waals surface area contributed by atoms with Crippen LogP contribution in [-0.4, -0.2) is 54.7 Å². The molecule has 6 nitrogen and oxygen atoms in total. The molecule has 208 valence electrons. The van der Waals surface area contributed by atoms with Gasteiger partial charge in [0.25, 0.3) is 0 Å². The van der Waals surface area contributed by atoms with E-state index in [-0.39, 0.29) is 5.78 Å². The molecule has 1 saturated heterocycles. The van der Waals surface area contributed by atoms with Crippen LogP contribution in [0.3, 0.4) is 0 Å². The van der Waals surface area contributed by atoms with Gasteiger partial charge >= 0.3 is 0 Å². The van der Waals surface area contributed by atoms with E-state index in [2.05, 4.69) is 98.0 Å². The minimum Gasteiger partial charge on any atom is -0.370 e. The van der Waals surface area contributed by atoms with Gasteiger partial charge in [-0.25, -0.2) is 4.99 Å². The van der Waals surface area contributed by atoms with Crippen LogP contribution in [-0.2, 0) is 4.79 Å². The number of benzene rings is 2. The Labute approximate surface area is 235 Å². The smallest absolute Gasteiger partial charge is 0.204 e. The Hall–Kier alpha value is -3.54. The quantitative estimate of drug-likeness (QED) is 0.332. The summed E-state index contributed by atoms with van der Waals surface area (Å²) in [6.45, 7) is 17.0. The van der Waals surface area contributed by atoms with Gasteiger partial charge < -0.3 is 20.0 Å². The third-order valence-corrected chi connectivity index (χ3v) is 7.61. The number of ketones is 1. The molecule has 2 aromatic carbocycles. The molecule has 1 fully saturated rings. The maximum Gasteiger partial charge on any atom is 0.204 e. The Balaban J connectivity index is 1.62. The van der Waals surface area contributed by atoms with E-state index in [1.807, 2.05) is 18.2 Å². The van der Waals surface area contributed by atoms with Crippen LogP contribution in [0.4, 0.5) is 22.7 Å². The number of likely N-dealkylation sites (tertiary alicyclic amines) is 1. The lowest BCUT2D eigenvalue weighted by Crippen LogP contribution is -2.35. The highest BCUT2D eigenvalue weighted by Crippen LogP contribution is 2.27. The first-order valence-corrected chi connectivity index (χ1v) is 14.6. The minimum absolute atomic E-state index is 0.0122. The number of nitrogens with zero attached hydrogens (tertiary/aromatic N) is 4. The second kappa shape index (κ2) is 13.0. The molecule has 39 heavy (non-hydrogen) atoms. The van der Waals surface area contributed by atoms with Crippen LogP contribution in [0.1, 0.15) is 60.8 Å². The van der Waals surface area contributed by atoms with E-state index in [1.165, 1.54) is 17.8 Å². The average molecular weight is 528 g/mol.